The number of rotatable bonds is 4. The number of ether oxygens (including phenoxy) is 1. The fourth-order valence-electron chi connectivity index (χ4n) is 2.94. The molecule has 2 aromatic carbocycles. The van der Waals surface area contributed by atoms with Gasteiger partial charge in [-0.25, -0.2) is 16.8 Å². The molecule has 0 atom stereocenters. The first kappa shape index (κ1) is 19.2. The maximum absolute atomic E-state index is 13.6. The summed E-state index contributed by atoms with van der Waals surface area (Å²) in [6.45, 7) is 1.84. The summed E-state index contributed by atoms with van der Waals surface area (Å²) >= 11 is 5.84. The van der Waals surface area contributed by atoms with Gasteiger partial charge in [0.15, 0.2) is 5.75 Å². The smallest absolute Gasteiger partial charge is 0.273 e. The van der Waals surface area contributed by atoms with Gasteiger partial charge in [-0.05, 0) is 37.3 Å². The fraction of sp³-hybridized carbons (Fsp3) is 0.0500. The zero-order valence-corrected chi connectivity index (χ0v) is 16.6. The molecule has 9 heteroatoms. The SMILES string of the molecule is Cc1ccc(S(=O)(=O)n2ccc3c(Oc4cc(F)cc(Cl)c4)c[nH]c(=O)c32)cc1. The molecule has 0 amide bonds. The molecule has 6 nitrogen and oxygen atoms in total. The number of benzene rings is 2. The van der Waals surface area contributed by atoms with Gasteiger partial charge < -0.3 is 9.72 Å². The van der Waals surface area contributed by atoms with Crippen LogP contribution in [-0.2, 0) is 10.0 Å². The standard InChI is InChI=1S/C20H14ClFN2O4S/c1-12-2-4-16(5-3-12)29(26,27)24-7-6-17-18(11-23-20(25)19(17)24)28-15-9-13(21)8-14(22)10-15/h2-11H,1H3,(H,23,25). The van der Waals surface area contributed by atoms with Crippen molar-refractivity contribution < 1.29 is 17.5 Å². The number of aryl methyl sites for hydroxylation is 1. The van der Waals surface area contributed by atoms with Gasteiger partial charge in [0.2, 0.25) is 0 Å². The molecule has 0 radical (unpaired) electrons. The van der Waals surface area contributed by atoms with E-state index in [2.05, 4.69) is 4.98 Å². The highest BCUT2D eigenvalue weighted by Crippen LogP contribution is 2.31. The first-order valence-electron chi connectivity index (χ1n) is 8.44. The number of nitrogens with zero attached hydrogens (tertiary/aromatic N) is 1. The van der Waals surface area contributed by atoms with Gasteiger partial charge in [0.1, 0.15) is 17.1 Å². The molecule has 0 saturated carbocycles. The van der Waals surface area contributed by atoms with Gasteiger partial charge in [0.05, 0.1) is 10.3 Å². The van der Waals surface area contributed by atoms with E-state index in [1.165, 1.54) is 36.7 Å². The van der Waals surface area contributed by atoms with E-state index in [0.29, 0.717) is 0 Å². The lowest BCUT2D eigenvalue weighted by atomic mass is 10.2. The second kappa shape index (κ2) is 7.06. The summed E-state index contributed by atoms with van der Waals surface area (Å²) in [7, 11) is -4.00. The van der Waals surface area contributed by atoms with Crippen molar-refractivity contribution in [1.29, 1.82) is 0 Å². The molecule has 29 heavy (non-hydrogen) atoms. The first-order valence-corrected chi connectivity index (χ1v) is 10.3. The molecule has 0 unspecified atom stereocenters. The number of fused-ring (bicyclic) bond motifs is 1. The van der Waals surface area contributed by atoms with Gasteiger partial charge in [-0.1, -0.05) is 29.3 Å². The predicted octanol–water partition coefficient (Wildman–Crippen LogP) is 4.46. The van der Waals surface area contributed by atoms with E-state index in [9.17, 15) is 17.6 Å². The number of nitrogens with one attached hydrogen (secondary N) is 1. The number of halogens is 2. The Kier molecular flexibility index (Phi) is 4.68. The lowest BCUT2D eigenvalue weighted by molar-refractivity contribution is 0.480. The van der Waals surface area contributed by atoms with Crippen LogP contribution < -0.4 is 10.3 Å². The molecule has 0 spiro atoms. The Labute approximate surface area is 170 Å². The van der Waals surface area contributed by atoms with Crippen molar-refractivity contribution in [2.45, 2.75) is 11.8 Å². The minimum Gasteiger partial charge on any atom is -0.455 e. The molecular weight excluding hydrogens is 419 g/mol. The summed E-state index contributed by atoms with van der Waals surface area (Å²) in [5.41, 5.74) is 0.194. The van der Waals surface area contributed by atoms with E-state index in [0.717, 1.165) is 21.7 Å². The summed E-state index contributed by atoms with van der Waals surface area (Å²) in [5.74, 6) is -0.329. The third-order valence-electron chi connectivity index (χ3n) is 4.31. The molecule has 0 aliphatic heterocycles. The highest BCUT2D eigenvalue weighted by molar-refractivity contribution is 7.90. The highest BCUT2D eigenvalue weighted by Gasteiger charge is 2.22. The lowest BCUT2D eigenvalue weighted by Gasteiger charge is -2.10. The fourth-order valence-corrected chi connectivity index (χ4v) is 4.50. The normalized spacial score (nSPS) is 11.7. The maximum Gasteiger partial charge on any atom is 0.273 e. The molecular formula is C20H14ClFN2O4S. The molecule has 2 aromatic heterocycles. The first-order chi connectivity index (χ1) is 13.8. The van der Waals surface area contributed by atoms with Gasteiger partial charge in [0, 0.05) is 23.5 Å². The van der Waals surface area contributed by atoms with Crippen molar-refractivity contribution in [3.8, 4) is 11.5 Å². The monoisotopic (exact) mass is 432 g/mol. The Hall–Kier alpha value is -3.10. The summed E-state index contributed by atoms with van der Waals surface area (Å²) < 4.78 is 46.2. The molecule has 0 bridgehead atoms. The van der Waals surface area contributed by atoms with Crippen LogP contribution in [0.2, 0.25) is 5.02 Å². The van der Waals surface area contributed by atoms with Gasteiger partial charge in [-0.3, -0.25) is 4.79 Å². The van der Waals surface area contributed by atoms with Crippen LogP contribution in [0.3, 0.4) is 0 Å². The number of H-pyrrole nitrogens is 1. The van der Waals surface area contributed by atoms with Crippen LogP contribution in [0, 0.1) is 12.7 Å². The summed E-state index contributed by atoms with van der Waals surface area (Å²) in [5, 5.41) is 0.394. The molecule has 148 valence electrons. The zero-order valence-electron chi connectivity index (χ0n) is 15.0. The Bertz CT molecular complexity index is 1370. The third kappa shape index (κ3) is 3.52. The van der Waals surface area contributed by atoms with Crippen molar-refractivity contribution in [1.82, 2.24) is 8.96 Å². The van der Waals surface area contributed by atoms with E-state index in [1.807, 2.05) is 6.92 Å². The molecule has 0 aliphatic rings. The Morgan fingerprint density at radius 1 is 1.10 bits per heavy atom. The summed E-state index contributed by atoms with van der Waals surface area (Å²) in [4.78, 5) is 14.9. The van der Waals surface area contributed by atoms with Gasteiger partial charge >= 0.3 is 0 Å². The zero-order chi connectivity index (χ0) is 20.8. The van der Waals surface area contributed by atoms with Crippen molar-refractivity contribution in [3.63, 3.8) is 0 Å². The third-order valence-corrected chi connectivity index (χ3v) is 6.22. The van der Waals surface area contributed by atoms with Gasteiger partial charge in [-0.2, -0.15) is 0 Å². The molecule has 0 saturated heterocycles. The minimum absolute atomic E-state index is 0.0447. The van der Waals surface area contributed by atoms with Crippen molar-refractivity contribution in [3.05, 3.63) is 87.7 Å². The molecule has 2 heterocycles. The molecule has 0 aliphatic carbocycles. The van der Waals surface area contributed by atoms with Crippen LogP contribution in [0.5, 0.6) is 11.5 Å². The quantitative estimate of drug-likeness (QED) is 0.516. The highest BCUT2D eigenvalue weighted by atomic mass is 35.5. The maximum atomic E-state index is 13.6. The van der Waals surface area contributed by atoms with Crippen molar-refractivity contribution >= 4 is 32.5 Å². The number of aromatic nitrogens is 2. The molecule has 0 fully saturated rings. The van der Waals surface area contributed by atoms with Crippen LogP contribution in [0.1, 0.15) is 5.56 Å². The second-order valence-corrected chi connectivity index (χ2v) is 8.63. The molecule has 4 aromatic rings. The number of hydrogen-bond donors (Lipinski definition) is 1. The van der Waals surface area contributed by atoms with Crippen LogP contribution in [-0.4, -0.2) is 17.4 Å². The minimum atomic E-state index is -4.00. The van der Waals surface area contributed by atoms with Gasteiger partial charge in [0.25, 0.3) is 15.6 Å². The van der Waals surface area contributed by atoms with E-state index in [1.54, 1.807) is 12.1 Å². The van der Waals surface area contributed by atoms with Crippen molar-refractivity contribution in [2.75, 3.05) is 0 Å². The van der Waals surface area contributed by atoms with Crippen LogP contribution >= 0.6 is 11.6 Å². The average Bonchev–Trinajstić information content (AvgIpc) is 3.11. The van der Waals surface area contributed by atoms with E-state index in [4.69, 9.17) is 16.3 Å². The largest absolute Gasteiger partial charge is 0.455 e. The summed E-state index contributed by atoms with van der Waals surface area (Å²) in [6, 6.07) is 11.4. The van der Waals surface area contributed by atoms with Crippen LogP contribution in [0.15, 0.2) is 70.6 Å². The number of pyridine rings is 1. The van der Waals surface area contributed by atoms with Gasteiger partial charge in [-0.15, -0.1) is 0 Å². The predicted molar refractivity (Wildman–Crippen MR) is 108 cm³/mol. The Balaban J connectivity index is 1.86. The van der Waals surface area contributed by atoms with Crippen LogP contribution in [0.4, 0.5) is 4.39 Å². The lowest BCUT2D eigenvalue weighted by Crippen LogP contribution is -2.17. The number of aromatic amines is 1. The molecule has 1 N–H and O–H groups in total. The van der Waals surface area contributed by atoms with Crippen LogP contribution in [0.25, 0.3) is 10.9 Å². The molecule has 4 rings (SSSR count). The van der Waals surface area contributed by atoms with E-state index in [-0.39, 0.29) is 32.3 Å². The topological polar surface area (TPSA) is 81.2 Å². The summed E-state index contributed by atoms with van der Waals surface area (Å²) in [6.07, 6.45) is 2.56. The second-order valence-electron chi connectivity index (χ2n) is 6.38. The average molecular weight is 433 g/mol. The Morgan fingerprint density at radius 2 is 1.83 bits per heavy atom. The number of hydrogen-bond acceptors (Lipinski definition) is 4. The van der Waals surface area contributed by atoms with Crippen molar-refractivity contribution in [2.24, 2.45) is 0 Å². The van der Waals surface area contributed by atoms with E-state index >= 15 is 0 Å². The Morgan fingerprint density at radius 3 is 2.52 bits per heavy atom. The van der Waals surface area contributed by atoms with E-state index < -0.39 is 21.4 Å².